The van der Waals surface area contributed by atoms with E-state index >= 15 is 0 Å². The first-order valence-corrected chi connectivity index (χ1v) is 14.0. The van der Waals surface area contributed by atoms with E-state index in [2.05, 4.69) is 89.5 Å². The van der Waals surface area contributed by atoms with E-state index in [4.69, 9.17) is 5.73 Å². The molecule has 41 heavy (non-hydrogen) atoms. The van der Waals surface area contributed by atoms with Gasteiger partial charge in [0.15, 0.2) is 17.3 Å². The fourth-order valence-corrected chi connectivity index (χ4v) is 4.72. The fourth-order valence-electron chi connectivity index (χ4n) is 4.17. The van der Waals surface area contributed by atoms with Crippen molar-refractivity contribution in [2.24, 2.45) is 0 Å². The van der Waals surface area contributed by atoms with Crippen molar-refractivity contribution >= 4 is 76.6 Å². The van der Waals surface area contributed by atoms with Gasteiger partial charge in [-0.15, -0.1) is 5.10 Å². The highest BCUT2D eigenvalue weighted by atomic mass is 79.9. The second kappa shape index (κ2) is 11.9. The molecule has 3 N–H and O–H groups in total. The van der Waals surface area contributed by atoms with Crippen LogP contribution in [0.25, 0.3) is 33.1 Å². The predicted octanol–water partition coefficient (Wildman–Crippen LogP) is 5.56. The van der Waals surface area contributed by atoms with Crippen molar-refractivity contribution in [3.63, 3.8) is 0 Å². The maximum absolute atomic E-state index is 5.78. The smallest absolute Gasteiger partial charge is 0.221 e. The Morgan fingerprint density at radius 2 is 1.41 bits per heavy atom. The lowest BCUT2D eigenvalue weighted by atomic mass is 10.1. The minimum atomic E-state index is 0.385. The zero-order valence-electron chi connectivity index (χ0n) is 21.4. The van der Waals surface area contributed by atoms with Crippen LogP contribution in [0.2, 0.25) is 0 Å². The van der Waals surface area contributed by atoms with E-state index in [1.165, 1.54) is 0 Å². The molecule has 0 atom stereocenters. The fraction of sp³-hybridized carbons (Fsp3) is 0.0714. The molecule has 2 aromatic carbocycles. The van der Waals surface area contributed by atoms with Crippen LogP contribution in [0, 0.1) is 0 Å². The zero-order chi connectivity index (χ0) is 28.2. The predicted molar refractivity (Wildman–Crippen MR) is 165 cm³/mol. The van der Waals surface area contributed by atoms with Crippen LogP contribution in [0.3, 0.4) is 0 Å². The van der Waals surface area contributed by atoms with E-state index in [0.29, 0.717) is 45.2 Å². The van der Waals surface area contributed by atoms with E-state index in [9.17, 15) is 0 Å². The maximum Gasteiger partial charge on any atom is 0.221 e. The Labute approximate surface area is 250 Å². The summed E-state index contributed by atoms with van der Waals surface area (Å²) in [6.07, 6.45) is 6.77. The first-order valence-electron chi connectivity index (χ1n) is 12.4. The Morgan fingerprint density at radius 1 is 0.756 bits per heavy atom. The summed E-state index contributed by atoms with van der Waals surface area (Å²) in [5.41, 5.74) is 11.2. The third-order valence-corrected chi connectivity index (χ3v) is 6.86. The van der Waals surface area contributed by atoms with Gasteiger partial charge in [-0.2, -0.15) is 0 Å². The first kappa shape index (κ1) is 26.6. The largest absolute Gasteiger partial charge is 0.381 e. The van der Waals surface area contributed by atoms with Gasteiger partial charge >= 0.3 is 0 Å². The third-order valence-electron chi connectivity index (χ3n) is 6.10. The number of benzene rings is 2. The molecular weight excluding hydrogens is 650 g/mol. The Hall–Kier alpha value is -4.62. The van der Waals surface area contributed by atoms with Crippen molar-refractivity contribution in [3.8, 4) is 0 Å². The quantitative estimate of drug-likeness (QED) is 0.239. The van der Waals surface area contributed by atoms with Crippen molar-refractivity contribution in [1.29, 1.82) is 0 Å². The number of fused-ring (bicyclic) bond motifs is 3. The summed E-state index contributed by atoms with van der Waals surface area (Å²) in [5.74, 6) is 0.960. The molecule has 0 spiro atoms. The van der Waals surface area contributed by atoms with E-state index in [-0.39, 0.29) is 0 Å². The lowest BCUT2D eigenvalue weighted by molar-refractivity contribution is 0.664. The Balaban J connectivity index is 0.000000148. The number of nitrogens with one attached hydrogen (secondary N) is 1. The number of pyridine rings is 2. The first-order chi connectivity index (χ1) is 20.0. The lowest BCUT2D eigenvalue weighted by Gasteiger charge is -2.08. The van der Waals surface area contributed by atoms with E-state index in [0.717, 1.165) is 32.9 Å². The zero-order valence-corrected chi connectivity index (χ0v) is 24.5. The topological polar surface area (TPSA) is 146 Å². The molecular formula is C28H21Br2N11. The SMILES string of the molecule is Brc1cnc2nnn(Cc3ccc4ncccc4c3)c2n1.Nc1ncc(Br)nc1NCc1ccc2ncccc2c1. The molecule has 13 heteroatoms. The van der Waals surface area contributed by atoms with Crippen LogP contribution in [0.15, 0.2) is 94.7 Å². The van der Waals surface area contributed by atoms with Gasteiger partial charge in [0.1, 0.15) is 9.21 Å². The summed E-state index contributed by atoms with van der Waals surface area (Å²) in [7, 11) is 0. The highest BCUT2D eigenvalue weighted by Gasteiger charge is 2.09. The monoisotopic (exact) mass is 669 g/mol. The number of halogens is 2. The van der Waals surface area contributed by atoms with Gasteiger partial charge in [0.05, 0.1) is 30.0 Å². The van der Waals surface area contributed by atoms with Crippen molar-refractivity contribution in [2.75, 3.05) is 11.1 Å². The number of nitrogens with two attached hydrogens (primary N) is 1. The molecule has 0 unspecified atom stereocenters. The standard InChI is InChI=1S/C14H9BrN6.C14H12BrN5/c15-12-7-17-13-14(18-12)21(20-19-13)8-9-3-4-11-10(6-9)2-1-5-16-11;15-12-8-18-13(16)14(20-12)19-7-9-3-4-11-10(6-9)2-1-5-17-11/h1-7H,8H2;1-6,8H,7H2,(H2,16,18)(H,19,20). The number of anilines is 2. The second-order valence-corrected chi connectivity index (χ2v) is 10.6. The van der Waals surface area contributed by atoms with Crippen LogP contribution < -0.4 is 11.1 Å². The molecule has 0 radical (unpaired) electrons. The lowest BCUT2D eigenvalue weighted by Crippen LogP contribution is -2.06. The van der Waals surface area contributed by atoms with Crippen molar-refractivity contribution in [1.82, 2.24) is 44.9 Å². The van der Waals surface area contributed by atoms with Gasteiger partial charge in [0, 0.05) is 29.7 Å². The number of hydrogen-bond donors (Lipinski definition) is 2. The van der Waals surface area contributed by atoms with Crippen LogP contribution in [0.1, 0.15) is 11.1 Å². The van der Waals surface area contributed by atoms with Gasteiger partial charge in [-0.1, -0.05) is 29.5 Å². The Morgan fingerprint density at radius 3 is 2.17 bits per heavy atom. The highest BCUT2D eigenvalue weighted by Crippen LogP contribution is 2.19. The van der Waals surface area contributed by atoms with E-state index in [1.54, 1.807) is 29.5 Å². The molecule has 0 amide bonds. The van der Waals surface area contributed by atoms with Gasteiger partial charge in [0.2, 0.25) is 5.65 Å². The van der Waals surface area contributed by atoms with Gasteiger partial charge < -0.3 is 11.1 Å². The molecule has 0 aliphatic heterocycles. The van der Waals surface area contributed by atoms with Crippen molar-refractivity contribution < 1.29 is 0 Å². The highest BCUT2D eigenvalue weighted by molar-refractivity contribution is 9.10. The number of rotatable bonds is 5. The molecule has 0 saturated carbocycles. The average molecular weight is 671 g/mol. The van der Waals surface area contributed by atoms with Crippen LogP contribution in [-0.4, -0.2) is 44.9 Å². The third kappa shape index (κ3) is 6.26. The number of nitrogens with zero attached hydrogens (tertiary/aromatic N) is 9. The van der Waals surface area contributed by atoms with Crippen LogP contribution >= 0.6 is 31.9 Å². The molecule has 5 heterocycles. The number of hydrogen-bond acceptors (Lipinski definition) is 10. The van der Waals surface area contributed by atoms with Crippen LogP contribution in [-0.2, 0) is 13.1 Å². The normalized spacial score (nSPS) is 11.0. The number of aromatic nitrogens is 9. The molecule has 5 aromatic heterocycles. The molecule has 0 bridgehead atoms. The average Bonchev–Trinajstić information content (AvgIpc) is 3.39. The molecule has 0 aliphatic rings. The van der Waals surface area contributed by atoms with Crippen LogP contribution in [0.5, 0.6) is 0 Å². The van der Waals surface area contributed by atoms with Gasteiger partial charge in [0.25, 0.3) is 0 Å². The minimum Gasteiger partial charge on any atom is -0.381 e. The Kier molecular flexibility index (Phi) is 7.69. The Bertz CT molecular complexity index is 1990. The maximum atomic E-state index is 5.78. The number of nitrogen functional groups attached to an aromatic ring is 1. The summed E-state index contributed by atoms with van der Waals surface area (Å²) in [6, 6.07) is 20.2. The van der Waals surface area contributed by atoms with Gasteiger partial charge in [-0.3, -0.25) is 9.97 Å². The molecule has 0 fully saturated rings. The molecule has 0 aliphatic carbocycles. The van der Waals surface area contributed by atoms with Crippen molar-refractivity contribution in [2.45, 2.75) is 13.1 Å². The summed E-state index contributed by atoms with van der Waals surface area (Å²) in [4.78, 5) is 25.5. The summed E-state index contributed by atoms with van der Waals surface area (Å²) < 4.78 is 3.06. The van der Waals surface area contributed by atoms with Crippen LogP contribution in [0.4, 0.5) is 11.6 Å². The summed E-state index contributed by atoms with van der Waals surface area (Å²) in [6.45, 7) is 1.21. The summed E-state index contributed by atoms with van der Waals surface area (Å²) in [5, 5.41) is 13.5. The molecule has 0 saturated heterocycles. The van der Waals surface area contributed by atoms with E-state index in [1.807, 2.05) is 48.5 Å². The van der Waals surface area contributed by atoms with Gasteiger partial charge in [-0.05, 0) is 79.4 Å². The molecule has 11 nitrogen and oxygen atoms in total. The molecule has 7 aromatic rings. The second-order valence-electron chi connectivity index (χ2n) is 8.93. The summed E-state index contributed by atoms with van der Waals surface area (Å²) >= 11 is 6.60. The van der Waals surface area contributed by atoms with Gasteiger partial charge in [-0.25, -0.2) is 24.6 Å². The molecule has 202 valence electrons. The van der Waals surface area contributed by atoms with Crippen molar-refractivity contribution in [3.05, 3.63) is 106 Å². The minimum absolute atomic E-state index is 0.385. The van der Waals surface area contributed by atoms with E-state index < -0.39 is 0 Å². The molecule has 7 rings (SSSR count).